The third-order valence-electron chi connectivity index (χ3n) is 4.87. The van der Waals surface area contributed by atoms with Crippen LogP contribution >= 0.6 is 0 Å². The van der Waals surface area contributed by atoms with Crippen molar-refractivity contribution in [2.45, 2.75) is 20.8 Å². The van der Waals surface area contributed by atoms with Crippen LogP contribution in [-0.2, 0) is 20.1 Å². The fourth-order valence-electron chi connectivity index (χ4n) is 3.65. The first-order valence-corrected chi connectivity index (χ1v) is 9.33. The summed E-state index contributed by atoms with van der Waals surface area (Å²) >= 11 is 0. The van der Waals surface area contributed by atoms with E-state index >= 15 is 0 Å². The Hall–Kier alpha value is -3.15. The van der Waals surface area contributed by atoms with Gasteiger partial charge in [0.15, 0.2) is 5.89 Å². The number of benzene rings is 2. The Bertz CT molecular complexity index is 1320. The Morgan fingerprint density at radius 2 is 1.67 bits per heavy atom. The van der Waals surface area contributed by atoms with Gasteiger partial charge in [0.25, 0.3) is 0 Å². The second-order valence-corrected chi connectivity index (χ2v) is 6.99. The van der Waals surface area contributed by atoms with E-state index in [-0.39, 0.29) is 20.1 Å². The Labute approximate surface area is 187 Å². The van der Waals surface area contributed by atoms with Gasteiger partial charge in [-0.15, -0.1) is 12.1 Å². The maximum atomic E-state index is 5.50. The molecule has 0 saturated carbocycles. The van der Waals surface area contributed by atoms with E-state index in [2.05, 4.69) is 64.2 Å². The van der Waals surface area contributed by atoms with Gasteiger partial charge in [-0.2, -0.15) is 5.10 Å². The molecule has 0 atom stereocenters. The van der Waals surface area contributed by atoms with Crippen molar-refractivity contribution in [3.05, 3.63) is 77.9 Å². The largest absolute Gasteiger partial charge is 0.501 e. The van der Waals surface area contributed by atoms with Gasteiger partial charge >= 0.3 is 0 Å². The number of aromatic nitrogens is 5. The van der Waals surface area contributed by atoms with Gasteiger partial charge in [-0.3, -0.25) is 14.6 Å². The number of aryl methyl sites for hydroxylation is 3. The van der Waals surface area contributed by atoms with E-state index < -0.39 is 0 Å². The predicted octanol–water partition coefficient (Wildman–Crippen LogP) is 4.86. The second kappa shape index (κ2) is 7.94. The minimum absolute atomic E-state index is 0. The molecule has 7 heteroatoms. The van der Waals surface area contributed by atoms with Crippen LogP contribution in [0.4, 0.5) is 0 Å². The van der Waals surface area contributed by atoms with Crippen LogP contribution in [0.2, 0.25) is 0 Å². The molecule has 0 fully saturated rings. The average molecular weight is 573 g/mol. The molecular formula is C23H18IrN5O-. The van der Waals surface area contributed by atoms with Crippen molar-refractivity contribution < 1.29 is 24.5 Å². The maximum Gasteiger partial charge on any atom is 0.179 e. The van der Waals surface area contributed by atoms with E-state index in [1.165, 1.54) is 17.5 Å². The van der Waals surface area contributed by atoms with E-state index in [1.54, 1.807) is 13.0 Å². The molecule has 0 aliphatic rings. The van der Waals surface area contributed by atoms with Gasteiger partial charge in [0.2, 0.25) is 0 Å². The van der Waals surface area contributed by atoms with Crippen LogP contribution in [0.15, 0.2) is 59.3 Å². The van der Waals surface area contributed by atoms with Crippen molar-refractivity contribution in [3.63, 3.8) is 0 Å². The van der Waals surface area contributed by atoms with Crippen LogP contribution < -0.4 is 0 Å². The van der Waals surface area contributed by atoms with Gasteiger partial charge in [0, 0.05) is 27.0 Å². The van der Waals surface area contributed by atoms with E-state index in [1.807, 2.05) is 22.9 Å². The molecule has 1 radical (unpaired) electrons. The summed E-state index contributed by atoms with van der Waals surface area (Å²) in [7, 11) is 0. The topological polar surface area (TPSA) is 69.6 Å². The van der Waals surface area contributed by atoms with E-state index in [0.717, 1.165) is 16.8 Å². The summed E-state index contributed by atoms with van der Waals surface area (Å²) in [5.74, 6) is 1.19. The van der Waals surface area contributed by atoms with E-state index in [0.29, 0.717) is 28.6 Å². The number of pyridine rings is 1. The molecule has 0 unspecified atom stereocenters. The molecular weight excluding hydrogens is 555 g/mol. The molecule has 3 aromatic heterocycles. The number of hydrogen-bond donors (Lipinski definition) is 0. The minimum Gasteiger partial charge on any atom is -0.501 e. The summed E-state index contributed by atoms with van der Waals surface area (Å²) in [5.41, 5.74) is 7.29. The summed E-state index contributed by atoms with van der Waals surface area (Å²) in [5, 5.41) is 4.47. The molecule has 2 aromatic carbocycles. The third kappa shape index (κ3) is 3.47. The summed E-state index contributed by atoms with van der Waals surface area (Å²) in [6, 6.07) is 19.6. The monoisotopic (exact) mass is 573 g/mol. The maximum absolute atomic E-state index is 5.50. The molecule has 0 aliphatic heterocycles. The molecule has 5 aromatic rings. The number of fused-ring (bicyclic) bond motifs is 1. The molecule has 0 aliphatic carbocycles. The zero-order valence-corrected chi connectivity index (χ0v) is 19.1. The van der Waals surface area contributed by atoms with Crippen LogP contribution in [-0.4, -0.2) is 24.7 Å². The quantitative estimate of drug-likeness (QED) is 0.289. The van der Waals surface area contributed by atoms with Gasteiger partial charge in [-0.1, -0.05) is 30.3 Å². The Balaban J connectivity index is 0.00000218. The second-order valence-electron chi connectivity index (χ2n) is 6.99. The van der Waals surface area contributed by atoms with Crippen LogP contribution in [0.5, 0.6) is 0 Å². The smallest absolute Gasteiger partial charge is 0.179 e. The van der Waals surface area contributed by atoms with Crippen molar-refractivity contribution in [2.75, 3.05) is 0 Å². The zero-order valence-electron chi connectivity index (χ0n) is 16.7. The molecule has 0 amide bonds. The third-order valence-corrected chi connectivity index (χ3v) is 4.87. The van der Waals surface area contributed by atoms with Gasteiger partial charge in [0.1, 0.15) is 12.0 Å². The van der Waals surface area contributed by atoms with Gasteiger partial charge in [-0.25, -0.2) is 4.98 Å². The summed E-state index contributed by atoms with van der Waals surface area (Å²) in [4.78, 5) is 13.3. The number of hydrogen-bond acceptors (Lipinski definition) is 5. The molecule has 6 nitrogen and oxygen atoms in total. The molecule has 151 valence electrons. The average Bonchev–Trinajstić information content (AvgIpc) is 3.33. The number of oxazole rings is 1. The van der Waals surface area contributed by atoms with Crippen molar-refractivity contribution in [2.24, 2.45) is 0 Å². The van der Waals surface area contributed by atoms with Crippen molar-refractivity contribution in [1.29, 1.82) is 0 Å². The van der Waals surface area contributed by atoms with Crippen LogP contribution in [0.1, 0.15) is 17.0 Å². The predicted molar refractivity (Wildman–Crippen MR) is 111 cm³/mol. The molecule has 0 bridgehead atoms. The first-order chi connectivity index (χ1) is 14.1. The summed E-state index contributed by atoms with van der Waals surface area (Å²) < 4.78 is 7.32. The molecule has 3 heterocycles. The van der Waals surface area contributed by atoms with E-state index in [4.69, 9.17) is 4.42 Å². The molecule has 0 N–H and O–H groups in total. The molecule has 0 saturated heterocycles. The molecule has 0 spiro atoms. The van der Waals surface area contributed by atoms with Gasteiger partial charge in [0.05, 0.1) is 17.1 Å². The van der Waals surface area contributed by atoms with E-state index in [9.17, 15) is 0 Å². The minimum atomic E-state index is 0. The fourth-order valence-corrected chi connectivity index (χ4v) is 3.65. The molecule has 5 rings (SSSR count). The Morgan fingerprint density at radius 3 is 2.40 bits per heavy atom. The summed E-state index contributed by atoms with van der Waals surface area (Å²) in [6.07, 6.45) is 1.53. The van der Waals surface area contributed by atoms with Crippen molar-refractivity contribution >= 4 is 11.2 Å². The fraction of sp³-hybridized carbons (Fsp3) is 0.130. The number of rotatable bonds is 3. The Morgan fingerprint density at radius 1 is 0.933 bits per heavy atom. The molecule has 30 heavy (non-hydrogen) atoms. The normalized spacial score (nSPS) is 10.9. The SMILES string of the molecule is Cc1nc2nc(-c3ncnn3-c3c(C)cc(-c4ccccc4)cc3C)[c-]cc2o1.[Ir]. The Kier molecular flexibility index (Phi) is 5.33. The van der Waals surface area contributed by atoms with Crippen molar-refractivity contribution in [1.82, 2.24) is 24.7 Å². The zero-order chi connectivity index (χ0) is 20.0. The van der Waals surface area contributed by atoms with Crippen LogP contribution in [0, 0.1) is 26.8 Å². The first kappa shape index (κ1) is 20.1. The van der Waals surface area contributed by atoms with Crippen LogP contribution in [0.25, 0.3) is 39.6 Å². The van der Waals surface area contributed by atoms with Crippen LogP contribution in [0.3, 0.4) is 0 Å². The number of nitrogens with zero attached hydrogens (tertiary/aromatic N) is 5. The summed E-state index contributed by atoms with van der Waals surface area (Å²) in [6.45, 7) is 5.97. The standard InChI is InChI=1S/C23H18N5O.Ir/c1-14-11-18(17-7-5-4-6-8-17)12-15(2)21(14)28-23(24-13-25-28)19-9-10-20-22(27-19)26-16(3)29-20;/h4-8,10-13H,1-3H3;/q-1;. The first-order valence-electron chi connectivity index (χ1n) is 9.33. The van der Waals surface area contributed by atoms with Crippen molar-refractivity contribution in [3.8, 4) is 28.3 Å². The van der Waals surface area contributed by atoms with Gasteiger partial charge < -0.3 is 4.42 Å². The van der Waals surface area contributed by atoms with Gasteiger partial charge in [-0.05, 0) is 53.9 Å².